The number of methoxy groups -OCH3 is 1. The number of nitrogens with zero attached hydrogens (tertiary/aromatic N) is 2. The van der Waals surface area contributed by atoms with Crippen molar-refractivity contribution in [1.29, 1.82) is 0 Å². The summed E-state index contributed by atoms with van der Waals surface area (Å²) in [5, 5.41) is 3.17. The van der Waals surface area contributed by atoms with Crippen molar-refractivity contribution in [3.63, 3.8) is 0 Å². The van der Waals surface area contributed by atoms with Crippen LogP contribution < -0.4 is 21.3 Å². The second-order valence-electron chi connectivity index (χ2n) is 7.31. The van der Waals surface area contributed by atoms with Gasteiger partial charge in [0.25, 0.3) is 11.5 Å². The minimum Gasteiger partial charge on any atom is -0.496 e. The third-order valence-electron chi connectivity index (χ3n) is 5.09. The Hall–Kier alpha value is -3.32. The molecule has 3 rings (SSSR count). The molecule has 0 radical (unpaired) electrons. The quantitative estimate of drug-likeness (QED) is 0.536. The van der Waals surface area contributed by atoms with Gasteiger partial charge in [-0.3, -0.25) is 14.2 Å². The van der Waals surface area contributed by atoms with Crippen LogP contribution in [0.15, 0.2) is 64.3 Å². The first-order valence-electron chi connectivity index (χ1n) is 10.5. The minimum absolute atomic E-state index is 0.0966. The predicted molar refractivity (Wildman–Crippen MR) is 125 cm³/mol. The summed E-state index contributed by atoms with van der Waals surface area (Å²) in [6.07, 6.45) is 3.49. The van der Waals surface area contributed by atoms with Crippen molar-refractivity contribution in [3.8, 4) is 11.4 Å². The van der Waals surface area contributed by atoms with E-state index >= 15 is 0 Å². The number of rotatable bonds is 9. The van der Waals surface area contributed by atoms with Gasteiger partial charge in [-0.05, 0) is 42.7 Å². The maximum atomic E-state index is 13.1. The zero-order valence-electron chi connectivity index (χ0n) is 18.1. The number of nitrogens with one attached hydrogen (secondary N) is 1. The molecule has 7 nitrogen and oxygen atoms in total. The van der Waals surface area contributed by atoms with E-state index in [1.54, 1.807) is 25.3 Å². The number of aromatic nitrogens is 2. The van der Waals surface area contributed by atoms with Gasteiger partial charge in [-0.1, -0.05) is 49.2 Å². The van der Waals surface area contributed by atoms with Crippen molar-refractivity contribution in [3.05, 3.63) is 91.7 Å². The highest BCUT2D eigenvalue weighted by Crippen LogP contribution is 2.17. The van der Waals surface area contributed by atoms with Gasteiger partial charge in [0.2, 0.25) is 0 Å². The Morgan fingerprint density at radius 2 is 1.91 bits per heavy atom. The fraction of sp³-hybridized carbons (Fsp3) is 0.292. The van der Waals surface area contributed by atoms with E-state index < -0.39 is 17.2 Å². The predicted octanol–water partition coefficient (Wildman–Crippen LogP) is 3.43. The molecule has 0 bridgehead atoms. The molecule has 0 fully saturated rings. The Balaban J connectivity index is 1.92. The van der Waals surface area contributed by atoms with E-state index in [9.17, 15) is 14.4 Å². The fourth-order valence-electron chi connectivity index (χ4n) is 3.40. The summed E-state index contributed by atoms with van der Waals surface area (Å²) in [5.41, 5.74) is -0.0159. The first-order valence-corrected chi connectivity index (χ1v) is 10.9. The van der Waals surface area contributed by atoms with E-state index in [1.165, 1.54) is 16.8 Å². The zero-order valence-corrected chi connectivity index (χ0v) is 18.9. The van der Waals surface area contributed by atoms with Gasteiger partial charge in [0.15, 0.2) is 0 Å². The molecule has 0 aliphatic heterocycles. The number of hydrogen-bond acceptors (Lipinski definition) is 4. The van der Waals surface area contributed by atoms with Crippen LogP contribution in [0.1, 0.15) is 35.7 Å². The Morgan fingerprint density at radius 3 is 2.62 bits per heavy atom. The zero-order chi connectivity index (χ0) is 23.1. The van der Waals surface area contributed by atoms with Gasteiger partial charge in [0, 0.05) is 24.3 Å². The molecule has 2 aromatic carbocycles. The summed E-state index contributed by atoms with van der Waals surface area (Å²) >= 11 is 6.06. The molecule has 0 spiro atoms. The lowest BCUT2D eigenvalue weighted by atomic mass is 10.1. The molecule has 3 aromatic rings. The number of benzene rings is 2. The summed E-state index contributed by atoms with van der Waals surface area (Å²) in [4.78, 5) is 39.0. The third-order valence-corrected chi connectivity index (χ3v) is 5.33. The molecule has 1 N–H and O–H groups in total. The molecular weight excluding hydrogens is 430 g/mol. The van der Waals surface area contributed by atoms with Crippen LogP contribution in [0.3, 0.4) is 0 Å². The van der Waals surface area contributed by atoms with Crippen molar-refractivity contribution in [2.45, 2.75) is 32.7 Å². The van der Waals surface area contributed by atoms with Crippen LogP contribution in [0.4, 0.5) is 0 Å². The van der Waals surface area contributed by atoms with Gasteiger partial charge in [0.05, 0.1) is 12.8 Å². The lowest BCUT2D eigenvalue weighted by Crippen LogP contribution is -2.43. The number of halogens is 1. The van der Waals surface area contributed by atoms with E-state index in [0.717, 1.165) is 28.7 Å². The number of amides is 1. The summed E-state index contributed by atoms with van der Waals surface area (Å²) in [6, 6.07) is 14.0. The topological polar surface area (TPSA) is 82.3 Å². The van der Waals surface area contributed by atoms with Crippen molar-refractivity contribution in [2.24, 2.45) is 0 Å². The molecule has 0 saturated heterocycles. The second kappa shape index (κ2) is 10.8. The van der Waals surface area contributed by atoms with E-state index in [4.69, 9.17) is 16.3 Å². The van der Waals surface area contributed by atoms with Crippen LogP contribution in [0.25, 0.3) is 5.69 Å². The monoisotopic (exact) mass is 455 g/mol. The fourth-order valence-corrected chi connectivity index (χ4v) is 3.59. The average molecular weight is 456 g/mol. The highest BCUT2D eigenvalue weighted by Gasteiger charge is 2.18. The number of hydrogen-bond donors (Lipinski definition) is 1. The van der Waals surface area contributed by atoms with Gasteiger partial charge in [-0.25, -0.2) is 9.36 Å². The Kier molecular flexibility index (Phi) is 7.89. The molecule has 1 aromatic heterocycles. The number of carbonyl (C=O) groups is 1. The van der Waals surface area contributed by atoms with Gasteiger partial charge in [-0.2, -0.15) is 0 Å². The molecule has 8 heteroatoms. The lowest BCUT2D eigenvalue weighted by Gasteiger charge is -2.14. The van der Waals surface area contributed by atoms with Gasteiger partial charge < -0.3 is 10.1 Å². The third kappa shape index (κ3) is 5.29. The van der Waals surface area contributed by atoms with Crippen molar-refractivity contribution in [1.82, 2.24) is 14.5 Å². The Labute approximate surface area is 191 Å². The van der Waals surface area contributed by atoms with E-state index in [-0.39, 0.29) is 5.56 Å². The van der Waals surface area contributed by atoms with E-state index in [2.05, 4.69) is 5.32 Å². The Morgan fingerprint density at radius 1 is 1.12 bits per heavy atom. The first kappa shape index (κ1) is 23.3. The summed E-state index contributed by atoms with van der Waals surface area (Å²) < 4.78 is 7.73. The van der Waals surface area contributed by atoms with Crippen molar-refractivity contribution < 1.29 is 9.53 Å². The number of carbonyl (C=O) groups excluding carboxylic acids is 1. The molecular formula is C24H26ClN3O4. The van der Waals surface area contributed by atoms with Crippen LogP contribution in [0.5, 0.6) is 5.75 Å². The van der Waals surface area contributed by atoms with Gasteiger partial charge in [-0.15, -0.1) is 0 Å². The summed E-state index contributed by atoms with van der Waals surface area (Å²) in [5.74, 6) is 0.198. The number of ether oxygens (including phenoxy) is 1. The summed E-state index contributed by atoms with van der Waals surface area (Å²) in [6.45, 7) is 2.71. The number of unbranched alkanes of at least 4 members (excludes halogenated alkanes) is 1. The van der Waals surface area contributed by atoms with Crippen LogP contribution in [0.2, 0.25) is 5.02 Å². The maximum Gasteiger partial charge on any atom is 0.335 e. The Bertz CT molecular complexity index is 1220. The normalized spacial score (nSPS) is 10.7. The molecule has 32 heavy (non-hydrogen) atoms. The number of aryl methyl sites for hydroxylation is 1. The van der Waals surface area contributed by atoms with Gasteiger partial charge in [0.1, 0.15) is 11.3 Å². The van der Waals surface area contributed by atoms with Crippen molar-refractivity contribution >= 4 is 17.5 Å². The number of para-hydroxylation sites is 1. The minimum atomic E-state index is -0.681. The maximum absolute atomic E-state index is 13.1. The van der Waals surface area contributed by atoms with Crippen LogP contribution in [-0.2, 0) is 13.0 Å². The largest absolute Gasteiger partial charge is 0.496 e. The highest BCUT2D eigenvalue weighted by molar-refractivity contribution is 6.30. The standard InChI is InChI=1S/C24H26ClN3O4/c1-3-4-14-27-16-20(22(29)26-13-12-17-8-5-6-11-21(17)32-2)23(30)28(24(27)31)19-10-7-9-18(25)15-19/h5-11,15-16H,3-4,12-14H2,1-2H3,(H,26,29). The van der Waals surface area contributed by atoms with E-state index in [0.29, 0.717) is 30.2 Å². The average Bonchev–Trinajstić information content (AvgIpc) is 2.79. The molecule has 0 aliphatic rings. The molecule has 168 valence electrons. The highest BCUT2D eigenvalue weighted by atomic mass is 35.5. The summed E-state index contributed by atoms with van der Waals surface area (Å²) in [7, 11) is 1.59. The second-order valence-corrected chi connectivity index (χ2v) is 7.75. The molecule has 0 atom stereocenters. The lowest BCUT2D eigenvalue weighted by molar-refractivity contribution is 0.0951. The van der Waals surface area contributed by atoms with Gasteiger partial charge >= 0.3 is 5.69 Å². The SMILES string of the molecule is CCCCn1cc(C(=O)NCCc2ccccc2OC)c(=O)n(-c2cccc(Cl)c2)c1=O. The first-order chi connectivity index (χ1) is 15.5. The van der Waals surface area contributed by atoms with Crippen LogP contribution in [-0.4, -0.2) is 28.7 Å². The molecule has 1 heterocycles. The molecule has 0 unspecified atom stereocenters. The molecule has 1 amide bonds. The van der Waals surface area contributed by atoms with E-state index in [1.807, 2.05) is 31.2 Å². The van der Waals surface area contributed by atoms with Crippen molar-refractivity contribution in [2.75, 3.05) is 13.7 Å². The smallest absolute Gasteiger partial charge is 0.335 e. The molecule has 0 saturated carbocycles. The molecule has 0 aliphatic carbocycles. The van der Waals surface area contributed by atoms with Crippen LogP contribution >= 0.6 is 11.6 Å². The van der Waals surface area contributed by atoms with Crippen LogP contribution in [0, 0.1) is 0 Å².